The van der Waals surface area contributed by atoms with Gasteiger partial charge in [0.2, 0.25) is 0 Å². The van der Waals surface area contributed by atoms with Crippen LogP contribution in [0, 0.1) is 5.92 Å². The Labute approximate surface area is 176 Å². The lowest BCUT2D eigenvalue weighted by molar-refractivity contribution is 0.0280. The Morgan fingerprint density at radius 3 is 2.57 bits per heavy atom. The molecule has 0 spiro atoms. The first kappa shape index (κ1) is 19.6. The lowest BCUT2D eigenvalue weighted by Gasteiger charge is -2.52. The zero-order valence-corrected chi connectivity index (χ0v) is 17.5. The summed E-state index contributed by atoms with van der Waals surface area (Å²) < 4.78 is 5.22. The molecule has 4 rings (SSSR count). The van der Waals surface area contributed by atoms with Gasteiger partial charge in [0.15, 0.2) is 0 Å². The molecule has 3 unspecified atom stereocenters. The molecule has 3 atom stereocenters. The number of rotatable bonds is 3. The first-order valence-corrected chi connectivity index (χ1v) is 10.7. The number of nitrogens with zero attached hydrogens (tertiary/aromatic N) is 1. The van der Waals surface area contributed by atoms with E-state index in [0.717, 1.165) is 43.4 Å². The van der Waals surface area contributed by atoms with Gasteiger partial charge in [0, 0.05) is 23.0 Å². The highest BCUT2D eigenvalue weighted by atomic mass is 35.5. The highest BCUT2D eigenvalue weighted by Crippen LogP contribution is 2.53. The predicted octanol–water partition coefficient (Wildman–Crippen LogP) is 6.10. The molecule has 2 aromatic carbocycles. The largest absolute Gasteiger partial charge is 0.497 e. The third-order valence-corrected chi connectivity index (χ3v) is 7.33. The Morgan fingerprint density at radius 2 is 1.86 bits per heavy atom. The molecular formula is C23H25Cl2NO2. The van der Waals surface area contributed by atoms with Gasteiger partial charge >= 0.3 is 0 Å². The van der Waals surface area contributed by atoms with Gasteiger partial charge in [0.05, 0.1) is 18.0 Å². The van der Waals surface area contributed by atoms with Crippen molar-refractivity contribution in [1.29, 1.82) is 0 Å². The quantitative estimate of drug-likeness (QED) is 0.564. The summed E-state index contributed by atoms with van der Waals surface area (Å²) in [5, 5.41) is 0.700. The van der Waals surface area contributed by atoms with Crippen molar-refractivity contribution in [2.24, 2.45) is 5.92 Å². The van der Waals surface area contributed by atoms with E-state index in [1.165, 1.54) is 0 Å². The minimum absolute atomic E-state index is 0.0249. The third kappa shape index (κ3) is 3.51. The van der Waals surface area contributed by atoms with Gasteiger partial charge in [-0.15, -0.1) is 11.6 Å². The summed E-state index contributed by atoms with van der Waals surface area (Å²) in [5.74, 6) is 0.973. The number of piperidine rings is 1. The van der Waals surface area contributed by atoms with E-state index in [2.05, 4.69) is 0 Å². The van der Waals surface area contributed by atoms with Gasteiger partial charge in [-0.3, -0.25) is 4.79 Å². The van der Waals surface area contributed by atoms with Crippen molar-refractivity contribution < 1.29 is 9.53 Å². The van der Waals surface area contributed by atoms with Crippen LogP contribution in [0.2, 0.25) is 5.02 Å². The number of alkyl halides is 1. The summed E-state index contributed by atoms with van der Waals surface area (Å²) in [6, 6.07) is 15.1. The number of methoxy groups -OCH3 is 1. The monoisotopic (exact) mass is 417 g/mol. The van der Waals surface area contributed by atoms with E-state index in [-0.39, 0.29) is 22.7 Å². The van der Waals surface area contributed by atoms with E-state index in [9.17, 15) is 4.79 Å². The van der Waals surface area contributed by atoms with E-state index in [4.69, 9.17) is 27.9 Å². The van der Waals surface area contributed by atoms with E-state index in [1.807, 2.05) is 53.4 Å². The number of benzene rings is 2. The van der Waals surface area contributed by atoms with Crippen LogP contribution in [0.15, 0.2) is 48.5 Å². The summed E-state index contributed by atoms with van der Waals surface area (Å²) in [6.07, 6.45) is 5.14. The van der Waals surface area contributed by atoms with Gasteiger partial charge in [0.1, 0.15) is 5.75 Å². The fraction of sp³-hybridized carbons (Fsp3) is 0.435. The lowest BCUT2D eigenvalue weighted by atomic mass is 9.68. The summed E-state index contributed by atoms with van der Waals surface area (Å²) in [4.78, 5) is 15.2. The molecule has 0 bridgehead atoms. The lowest BCUT2D eigenvalue weighted by Crippen LogP contribution is -2.53. The fourth-order valence-corrected chi connectivity index (χ4v) is 5.56. The average Bonchev–Trinajstić information content (AvgIpc) is 2.73. The molecule has 1 amide bonds. The molecule has 148 valence electrons. The Bertz CT molecular complexity index is 854. The Balaban J connectivity index is 1.74. The first-order valence-electron chi connectivity index (χ1n) is 9.92. The number of fused-ring (bicyclic) bond motifs is 1. The van der Waals surface area contributed by atoms with Crippen molar-refractivity contribution in [3.63, 3.8) is 0 Å². The molecule has 0 N–H and O–H groups in total. The van der Waals surface area contributed by atoms with Gasteiger partial charge in [-0.1, -0.05) is 42.6 Å². The maximum Gasteiger partial charge on any atom is 0.254 e. The third-order valence-electron chi connectivity index (χ3n) is 6.33. The number of likely N-dealkylation sites (tertiary alicyclic amines) is 1. The summed E-state index contributed by atoms with van der Waals surface area (Å²) >= 11 is 13.7. The minimum Gasteiger partial charge on any atom is -0.497 e. The van der Waals surface area contributed by atoms with Crippen molar-refractivity contribution in [3.8, 4) is 5.75 Å². The van der Waals surface area contributed by atoms with E-state index in [0.29, 0.717) is 17.1 Å². The second-order valence-electron chi connectivity index (χ2n) is 7.83. The summed E-state index contributed by atoms with van der Waals surface area (Å²) in [7, 11) is 1.62. The molecule has 2 aliphatic rings. The smallest absolute Gasteiger partial charge is 0.254 e. The minimum atomic E-state index is -0.251. The maximum absolute atomic E-state index is 13.5. The molecule has 1 aliphatic heterocycles. The van der Waals surface area contributed by atoms with E-state index >= 15 is 0 Å². The number of hydrogen-bond acceptors (Lipinski definition) is 2. The Morgan fingerprint density at radius 1 is 1.11 bits per heavy atom. The fourth-order valence-electron chi connectivity index (χ4n) is 4.87. The number of amides is 1. The molecule has 0 aromatic heterocycles. The van der Waals surface area contributed by atoms with Crippen molar-refractivity contribution >= 4 is 29.1 Å². The molecule has 2 aromatic rings. The van der Waals surface area contributed by atoms with Gasteiger partial charge < -0.3 is 9.64 Å². The van der Waals surface area contributed by atoms with Crippen LogP contribution in [0.3, 0.4) is 0 Å². The van der Waals surface area contributed by atoms with E-state index in [1.54, 1.807) is 7.11 Å². The molecule has 1 aliphatic carbocycles. The van der Waals surface area contributed by atoms with Crippen LogP contribution in [0.1, 0.15) is 54.1 Å². The number of carbonyl (C=O) groups excluding carboxylic acids is 1. The molecule has 5 heteroatoms. The Hall–Kier alpha value is -1.71. The van der Waals surface area contributed by atoms with Crippen molar-refractivity contribution in [3.05, 3.63) is 64.7 Å². The second kappa shape index (κ2) is 7.96. The number of hydrogen-bond donors (Lipinski definition) is 0. The topological polar surface area (TPSA) is 29.5 Å². The number of halogens is 2. The molecule has 1 saturated carbocycles. The zero-order chi connectivity index (χ0) is 19.7. The molecule has 1 heterocycles. The highest BCUT2D eigenvalue weighted by Gasteiger charge is 2.50. The number of carbonyl (C=O) groups is 1. The molecule has 1 saturated heterocycles. The van der Waals surface area contributed by atoms with Crippen molar-refractivity contribution in [2.75, 3.05) is 13.7 Å². The molecule has 3 nitrogen and oxygen atoms in total. The number of ether oxygens (including phenoxy) is 1. The van der Waals surface area contributed by atoms with Gasteiger partial charge in [0.25, 0.3) is 5.91 Å². The SMILES string of the molecule is COc1ccc(C(=O)N2CCC3(Cl)CCCCC3C2c2ccccc2Cl)cc1. The van der Waals surface area contributed by atoms with Crippen LogP contribution in [-0.4, -0.2) is 29.3 Å². The van der Waals surface area contributed by atoms with Crippen LogP contribution in [-0.2, 0) is 0 Å². The molecule has 2 fully saturated rings. The van der Waals surface area contributed by atoms with Gasteiger partial charge in [-0.05, 0) is 55.2 Å². The molecule has 28 heavy (non-hydrogen) atoms. The zero-order valence-electron chi connectivity index (χ0n) is 16.0. The Kier molecular flexibility index (Phi) is 5.57. The van der Waals surface area contributed by atoms with Crippen molar-refractivity contribution in [2.45, 2.75) is 43.0 Å². The standard InChI is InChI=1S/C23H25Cl2NO2/c1-28-17-11-9-16(10-12-17)22(27)26-15-14-23(25)13-5-4-7-19(23)21(26)18-6-2-3-8-20(18)24/h2-3,6,8-12,19,21H,4-5,7,13-15H2,1H3. The van der Waals surface area contributed by atoms with Crippen LogP contribution >= 0.6 is 23.2 Å². The van der Waals surface area contributed by atoms with Crippen LogP contribution in [0.4, 0.5) is 0 Å². The highest BCUT2D eigenvalue weighted by molar-refractivity contribution is 6.31. The maximum atomic E-state index is 13.5. The van der Waals surface area contributed by atoms with Crippen LogP contribution in [0.5, 0.6) is 5.75 Å². The molecular weight excluding hydrogens is 393 g/mol. The van der Waals surface area contributed by atoms with Crippen molar-refractivity contribution in [1.82, 2.24) is 4.90 Å². The second-order valence-corrected chi connectivity index (χ2v) is 8.99. The van der Waals surface area contributed by atoms with Gasteiger partial charge in [-0.25, -0.2) is 0 Å². The normalized spacial score (nSPS) is 27.2. The van der Waals surface area contributed by atoms with Crippen LogP contribution in [0.25, 0.3) is 0 Å². The predicted molar refractivity (Wildman–Crippen MR) is 113 cm³/mol. The summed E-state index contributed by atoms with van der Waals surface area (Å²) in [6.45, 7) is 0.640. The molecule has 0 radical (unpaired) electrons. The average molecular weight is 418 g/mol. The summed E-state index contributed by atoms with van der Waals surface area (Å²) in [5.41, 5.74) is 1.67. The first-order chi connectivity index (χ1) is 13.5. The van der Waals surface area contributed by atoms with Gasteiger partial charge in [-0.2, -0.15) is 0 Å². The van der Waals surface area contributed by atoms with Crippen LogP contribution < -0.4 is 4.74 Å². The van der Waals surface area contributed by atoms with E-state index < -0.39 is 0 Å².